The number of fused-ring (bicyclic) bond motifs is 1. The van der Waals surface area contributed by atoms with Gasteiger partial charge in [0.25, 0.3) is 0 Å². The molecule has 2 heterocycles. The highest BCUT2D eigenvalue weighted by atomic mass is 79.9. The predicted octanol–water partition coefficient (Wildman–Crippen LogP) is 6.08. The van der Waals surface area contributed by atoms with Crippen molar-refractivity contribution in [3.63, 3.8) is 0 Å². The Kier molecular flexibility index (Phi) is 5.40. The van der Waals surface area contributed by atoms with Gasteiger partial charge in [-0.3, -0.25) is 4.90 Å². The molecule has 32 heavy (non-hydrogen) atoms. The third kappa shape index (κ3) is 3.76. The first-order valence-electron chi connectivity index (χ1n) is 11.3. The molecule has 0 radical (unpaired) electrons. The van der Waals surface area contributed by atoms with Crippen LogP contribution < -0.4 is 5.32 Å². The van der Waals surface area contributed by atoms with Crippen LogP contribution in [0.15, 0.2) is 53.0 Å². The summed E-state index contributed by atoms with van der Waals surface area (Å²) in [7, 11) is 0. The van der Waals surface area contributed by atoms with Crippen molar-refractivity contribution in [2.24, 2.45) is 0 Å². The van der Waals surface area contributed by atoms with Crippen LogP contribution in [0.2, 0.25) is 0 Å². The number of hydrogen-bond donors (Lipinski definition) is 1. The zero-order valence-corrected chi connectivity index (χ0v) is 20.0. The second-order valence-electron chi connectivity index (χ2n) is 9.51. The van der Waals surface area contributed by atoms with Gasteiger partial charge in [0.15, 0.2) is 0 Å². The lowest BCUT2D eigenvalue weighted by atomic mass is 9.85. The van der Waals surface area contributed by atoms with Crippen LogP contribution in [-0.4, -0.2) is 39.6 Å². The lowest BCUT2D eigenvalue weighted by molar-refractivity contribution is 0.0657. The van der Waals surface area contributed by atoms with E-state index in [0.717, 1.165) is 47.0 Å². The second kappa shape index (κ2) is 8.10. The fourth-order valence-corrected chi connectivity index (χ4v) is 5.94. The third-order valence-corrected chi connectivity index (χ3v) is 7.52. The van der Waals surface area contributed by atoms with E-state index in [4.69, 9.17) is 4.74 Å². The van der Waals surface area contributed by atoms with Crippen LogP contribution >= 0.6 is 15.9 Å². The molecule has 1 atom stereocenters. The van der Waals surface area contributed by atoms with Gasteiger partial charge < -0.3 is 15.0 Å². The van der Waals surface area contributed by atoms with Crippen LogP contribution in [0.1, 0.15) is 56.7 Å². The van der Waals surface area contributed by atoms with Crippen molar-refractivity contribution in [3.8, 4) is 0 Å². The van der Waals surface area contributed by atoms with E-state index in [1.54, 1.807) is 0 Å². The molecule has 2 fully saturated rings. The Labute approximate surface area is 197 Å². The van der Waals surface area contributed by atoms with Crippen molar-refractivity contribution >= 4 is 33.7 Å². The third-order valence-electron chi connectivity index (χ3n) is 7.02. The zero-order chi connectivity index (χ0) is 22.5. The number of nitrogens with one attached hydrogen (secondary N) is 1. The van der Waals surface area contributed by atoms with Crippen LogP contribution in [0.3, 0.4) is 0 Å². The van der Waals surface area contributed by atoms with Gasteiger partial charge in [-0.2, -0.15) is 0 Å². The molecule has 6 nitrogen and oxygen atoms in total. The average molecular weight is 498 g/mol. The molecule has 2 aromatic carbocycles. The number of benzene rings is 2. The normalized spacial score (nSPS) is 27.0. The van der Waals surface area contributed by atoms with E-state index in [1.165, 1.54) is 0 Å². The van der Waals surface area contributed by atoms with Gasteiger partial charge in [-0.25, -0.2) is 9.59 Å². The average Bonchev–Trinajstić information content (AvgIpc) is 3.02. The summed E-state index contributed by atoms with van der Waals surface area (Å²) in [4.78, 5) is 29.6. The summed E-state index contributed by atoms with van der Waals surface area (Å²) >= 11 is 3.53. The number of urea groups is 1. The first-order chi connectivity index (χ1) is 15.3. The van der Waals surface area contributed by atoms with Crippen molar-refractivity contribution in [1.29, 1.82) is 0 Å². The quantitative estimate of drug-likeness (QED) is 0.558. The van der Waals surface area contributed by atoms with Gasteiger partial charge >= 0.3 is 12.1 Å². The molecule has 0 unspecified atom stereocenters. The summed E-state index contributed by atoms with van der Waals surface area (Å²) in [6, 6.07) is 16.2. The van der Waals surface area contributed by atoms with Crippen molar-refractivity contribution in [2.75, 3.05) is 5.32 Å². The van der Waals surface area contributed by atoms with Gasteiger partial charge in [0.1, 0.15) is 5.60 Å². The van der Waals surface area contributed by atoms with Gasteiger partial charge in [0.2, 0.25) is 0 Å². The smallest absolute Gasteiger partial charge is 0.411 e. The molecule has 1 aliphatic carbocycles. The molecule has 0 bridgehead atoms. The Morgan fingerprint density at radius 1 is 1.00 bits per heavy atom. The summed E-state index contributed by atoms with van der Waals surface area (Å²) in [5, 5.41) is 3.03. The van der Waals surface area contributed by atoms with Crippen molar-refractivity contribution in [2.45, 2.75) is 69.8 Å². The first kappa shape index (κ1) is 21.3. The van der Waals surface area contributed by atoms with Crippen LogP contribution in [0.25, 0.3) is 0 Å². The SMILES string of the molecule is CC1(C)OC(=O)N(C2CCC(N3Cc4cc(Br)ccc4NC3=O)CC2)[C@H]1c1ccccc1. The Morgan fingerprint density at radius 3 is 2.41 bits per heavy atom. The number of hydrogen-bond acceptors (Lipinski definition) is 3. The van der Waals surface area contributed by atoms with Crippen LogP contribution in [0, 0.1) is 0 Å². The molecule has 5 rings (SSSR count). The highest BCUT2D eigenvalue weighted by molar-refractivity contribution is 9.10. The largest absolute Gasteiger partial charge is 0.441 e. The molecule has 168 valence electrons. The molecule has 3 amide bonds. The lowest BCUT2D eigenvalue weighted by Gasteiger charge is -2.42. The predicted molar refractivity (Wildman–Crippen MR) is 126 cm³/mol. The van der Waals surface area contributed by atoms with Gasteiger partial charge in [-0.15, -0.1) is 0 Å². The number of carbonyl (C=O) groups excluding carboxylic acids is 2. The molecule has 2 aromatic rings. The highest BCUT2D eigenvalue weighted by Crippen LogP contribution is 2.45. The van der Waals surface area contributed by atoms with Crippen molar-refractivity contribution in [3.05, 3.63) is 64.1 Å². The van der Waals surface area contributed by atoms with E-state index in [-0.39, 0.29) is 30.2 Å². The topological polar surface area (TPSA) is 61.9 Å². The number of ether oxygens (including phenoxy) is 1. The zero-order valence-electron chi connectivity index (χ0n) is 18.4. The van der Waals surface area contributed by atoms with Crippen LogP contribution in [0.5, 0.6) is 0 Å². The van der Waals surface area contributed by atoms with E-state index in [9.17, 15) is 9.59 Å². The minimum atomic E-state index is -0.584. The molecule has 1 N–H and O–H groups in total. The second-order valence-corrected chi connectivity index (χ2v) is 10.4. The van der Waals surface area contributed by atoms with E-state index >= 15 is 0 Å². The maximum absolute atomic E-state index is 12.9. The molecular weight excluding hydrogens is 470 g/mol. The maximum Gasteiger partial charge on any atom is 0.411 e. The lowest BCUT2D eigenvalue weighted by Crippen LogP contribution is -2.49. The maximum atomic E-state index is 12.9. The van der Waals surface area contributed by atoms with E-state index in [2.05, 4.69) is 39.4 Å². The van der Waals surface area contributed by atoms with E-state index in [1.807, 2.05) is 54.0 Å². The molecular formula is C25H28BrN3O3. The van der Waals surface area contributed by atoms with Crippen LogP contribution in [0.4, 0.5) is 15.3 Å². The summed E-state index contributed by atoms with van der Waals surface area (Å²) in [6.45, 7) is 4.59. The molecule has 7 heteroatoms. The number of carbonyl (C=O) groups is 2. The summed E-state index contributed by atoms with van der Waals surface area (Å²) < 4.78 is 6.81. The van der Waals surface area contributed by atoms with Crippen molar-refractivity contribution in [1.82, 2.24) is 9.80 Å². The molecule has 1 saturated carbocycles. The highest BCUT2D eigenvalue weighted by Gasteiger charge is 2.51. The number of amides is 3. The number of cyclic esters (lactones) is 1. The number of anilines is 1. The standard InChI is InChI=1S/C25H28BrN3O3/c1-25(2)22(16-6-4-3-5-7-16)29(24(31)32-25)20-11-9-19(10-12-20)28-15-17-14-18(26)8-13-21(17)27-23(28)30/h3-8,13-14,19-20,22H,9-12,15H2,1-2H3,(H,27,30)/t19?,20?,22-/m0/s1. The van der Waals surface area contributed by atoms with Gasteiger partial charge in [0, 0.05) is 28.8 Å². The van der Waals surface area contributed by atoms with Crippen LogP contribution in [-0.2, 0) is 11.3 Å². The summed E-state index contributed by atoms with van der Waals surface area (Å²) in [6.07, 6.45) is 3.21. The van der Waals surface area contributed by atoms with Gasteiger partial charge in [0.05, 0.1) is 6.04 Å². The minimum Gasteiger partial charge on any atom is -0.441 e. The Morgan fingerprint density at radius 2 is 1.69 bits per heavy atom. The minimum absolute atomic E-state index is 0.0350. The monoisotopic (exact) mass is 497 g/mol. The molecule has 0 aromatic heterocycles. The van der Waals surface area contributed by atoms with E-state index < -0.39 is 5.60 Å². The summed E-state index contributed by atoms with van der Waals surface area (Å²) in [5.41, 5.74) is 2.52. The Bertz CT molecular complexity index is 1030. The summed E-state index contributed by atoms with van der Waals surface area (Å²) in [5.74, 6) is 0. The fourth-order valence-electron chi connectivity index (χ4n) is 5.53. The van der Waals surface area contributed by atoms with Crippen molar-refractivity contribution < 1.29 is 14.3 Å². The molecule has 0 spiro atoms. The fraction of sp³-hybridized carbons (Fsp3) is 0.440. The number of rotatable bonds is 3. The van der Waals surface area contributed by atoms with Gasteiger partial charge in [-0.05, 0) is 68.9 Å². The number of nitrogens with zero attached hydrogens (tertiary/aromatic N) is 2. The molecule has 1 saturated heterocycles. The first-order valence-corrected chi connectivity index (χ1v) is 12.0. The van der Waals surface area contributed by atoms with Gasteiger partial charge in [-0.1, -0.05) is 46.3 Å². The molecule has 2 aliphatic heterocycles. The Balaban J connectivity index is 1.31. The Hall–Kier alpha value is -2.54. The number of halogens is 1. The molecule has 3 aliphatic rings. The van der Waals surface area contributed by atoms with E-state index in [0.29, 0.717) is 6.54 Å².